The number of alkyl carbamates (subject to hydrolysis) is 1. The normalized spacial score (nSPS) is 31.9. The van der Waals surface area contributed by atoms with Gasteiger partial charge >= 0.3 is 6.09 Å². The van der Waals surface area contributed by atoms with Crippen LogP contribution in [0.15, 0.2) is 0 Å². The smallest absolute Gasteiger partial charge is 0.407 e. The second-order valence-corrected chi connectivity index (χ2v) is 6.67. The van der Waals surface area contributed by atoms with Gasteiger partial charge in [0.15, 0.2) is 0 Å². The summed E-state index contributed by atoms with van der Waals surface area (Å²) in [6.45, 7) is 9.54. The Balaban J connectivity index is 1.65. The third-order valence-corrected chi connectivity index (χ3v) is 3.64. The van der Waals surface area contributed by atoms with Crippen LogP contribution in [0, 0.1) is 5.92 Å². The third kappa shape index (κ3) is 4.66. The number of hydrogen-bond acceptors (Lipinski definition) is 4. The molecular formula is C14H26N2O3. The van der Waals surface area contributed by atoms with E-state index in [1.807, 2.05) is 20.8 Å². The number of nitrogens with one attached hydrogen (secondary N) is 2. The first-order chi connectivity index (χ1) is 8.85. The van der Waals surface area contributed by atoms with Crippen molar-refractivity contribution >= 4 is 6.09 Å². The van der Waals surface area contributed by atoms with Gasteiger partial charge in [0.05, 0.1) is 6.61 Å². The van der Waals surface area contributed by atoms with E-state index in [4.69, 9.17) is 9.47 Å². The van der Waals surface area contributed by atoms with Crippen LogP contribution in [0.2, 0.25) is 0 Å². The van der Waals surface area contributed by atoms with Gasteiger partial charge in [-0.15, -0.1) is 0 Å². The van der Waals surface area contributed by atoms with E-state index >= 15 is 0 Å². The van der Waals surface area contributed by atoms with Crippen molar-refractivity contribution in [2.24, 2.45) is 5.92 Å². The summed E-state index contributed by atoms with van der Waals surface area (Å²) in [4.78, 5) is 11.6. The Kier molecular flexibility index (Phi) is 4.36. The van der Waals surface area contributed by atoms with E-state index in [1.165, 1.54) is 0 Å². The first-order valence-electron chi connectivity index (χ1n) is 7.18. The maximum atomic E-state index is 11.6. The van der Waals surface area contributed by atoms with Crippen LogP contribution in [0.3, 0.4) is 0 Å². The van der Waals surface area contributed by atoms with Crippen LogP contribution >= 0.6 is 0 Å². The van der Waals surface area contributed by atoms with Crippen molar-refractivity contribution in [3.63, 3.8) is 0 Å². The standard InChI is InChI=1S/C14H26N2O3/c1-9(10-5-6-18-8-10)15-11-7-12(11)16-13(17)19-14(2,3)4/h9-12,15H,5-8H2,1-4H3,(H,16,17). The van der Waals surface area contributed by atoms with Crippen molar-refractivity contribution in [3.8, 4) is 0 Å². The van der Waals surface area contributed by atoms with Crippen molar-refractivity contribution < 1.29 is 14.3 Å². The SMILES string of the molecule is CC(NC1CC1NC(=O)OC(C)(C)C)C1CCOC1. The van der Waals surface area contributed by atoms with E-state index in [0.717, 1.165) is 26.1 Å². The maximum absolute atomic E-state index is 11.6. The highest BCUT2D eigenvalue weighted by atomic mass is 16.6. The Hall–Kier alpha value is -0.810. The zero-order valence-electron chi connectivity index (χ0n) is 12.4. The quantitative estimate of drug-likeness (QED) is 0.816. The molecule has 1 aliphatic heterocycles. The number of rotatable bonds is 4. The van der Waals surface area contributed by atoms with Crippen LogP contribution in [0.5, 0.6) is 0 Å². The molecule has 1 heterocycles. The average molecular weight is 270 g/mol. The minimum atomic E-state index is -0.434. The average Bonchev–Trinajstić information content (AvgIpc) is 2.80. The van der Waals surface area contributed by atoms with Gasteiger partial charge in [-0.25, -0.2) is 4.79 Å². The molecule has 19 heavy (non-hydrogen) atoms. The molecule has 2 rings (SSSR count). The molecule has 2 aliphatic rings. The summed E-state index contributed by atoms with van der Waals surface area (Å²) in [5, 5.41) is 6.47. The molecule has 1 saturated carbocycles. The highest BCUT2D eigenvalue weighted by molar-refractivity contribution is 5.68. The topological polar surface area (TPSA) is 59.6 Å². The lowest BCUT2D eigenvalue weighted by Gasteiger charge is -2.21. The number of hydrogen-bond donors (Lipinski definition) is 2. The zero-order chi connectivity index (χ0) is 14.0. The summed E-state index contributed by atoms with van der Waals surface area (Å²) in [6.07, 6.45) is 1.79. The second-order valence-electron chi connectivity index (χ2n) is 6.67. The summed E-state index contributed by atoms with van der Waals surface area (Å²) in [7, 11) is 0. The molecule has 2 fully saturated rings. The third-order valence-electron chi connectivity index (χ3n) is 3.64. The molecular weight excluding hydrogens is 244 g/mol. The van der Waals surface area contributed by atoms with E-state index in [0.29, 0.717) is 18.0 Å². The lowest BCUT2D eigenvalue weighted by molar-refractivity contribution is 0.0521. The molecule has 0 aromatic carbocycles. The van der Waals surface area contributed by atoms with Gasteiger partial charge in [0.2, 0.25) is 0 Å². The number of ether oxygens (including phenoxy) is 2. The minimum Gasteiger partial charge on any atom is -0.444 e. The molecule has 1 saturated heterocycles. The number of amides is 1. The van der Waals surface area contributed by atoms with Crippen molar-refractivity contribution in [1.82, 2.24) is 10.6 Å². The van der Waals surface area contributed by atoms with Gasteiger partial charge < -0.3 is 20.1 Å². The van der Waals surface area contributed by atoms with Gasteiger partial charge in [-0.1, -0.05) is 0 Å². The first-order valence-corrected chi connectivity index (χ1v) is 7.18. The molecule has 5 heteroatoms. The summed E-state index contributed by atoms with van der Waals surface area (Å²) < 4.78 is 10.6. The summed E-state index contributed by atoms with van der Waals surface area (Å²) >= 11 is 0. The van der Waals surface area contributed by atoms with Gasteiger partial charge in [0.1, 0.15) is 5.60 Å². The van der Waals surface area contributed by atoms with Crippen LogP contribution in [0.4, 0.5) is 4.79 Å². The largest absolute Gasteiger partial charge is 0.444 e. The zero-order valence-corrected chi connectivity index (χ0v) is 12.4. The van der Waals surface area contributed by atoms with E-state index in [2.05, 4.69) is 17.6 Å². The van der Waals surface area contributed by atoms with E-state index in [9.17, 15) is 4.79 Å². The predicted molar refractivity (Wildman–Crippen MR) is 73.1 cm³/mol. The van der Waals surface area contributed by atoms with Gasteiger partial charge in [-0.3, -0.25) is 0 Å². The van der Waals surface area contributed by atoms with Gasteiger partial charge in [0.25, 0.3) is 0 Å². The van der Waals surface area contributed by atoms with Crippen LogP contribution in [-0.2, 0) is 9.47 Å². The molecule has 4 atom stereocenters. The van der Waals surface area contributed by atoms with E-state index in [1.54, 1.807) is 0 Å². The molecule has 2 N–H and O–H groups in total. The Morgan fingerprint density at radius 1 is 1.37 bits per heavy atom. The van der Waals surface area contributed by atoms with Crippen molar-refractivity contribution in [1.29, 1.82) is 0 Å². The Labute approximate surface area is 115 Å². The first kappa shape index (κ1) is 14.6. The number of carbonyl (C=O) groups is 1. The van der Waals surface area contributed by atoms with Gasteiger partial charge in [-0.2, -0.15) is 0 Å². The Morgan fingerprint density at radius 3 is 2.68 bits per heavy atom. The molecule has 110 valence electrons. The lowest BCUT2D eigenvalue weighted by atomic mass is 10.0. The molecule has 1 aliphatic carbocycles. The molecule has 0 aromatic rings. The van der Waals surface area contributed by atoms with Crippen LogP contribution in [0.1, 0.15) is 40.5 Å². The molecule has 0 bridgehead atoms. The fourth-order valence-electron chi connectivity index (χ4n) is 2.42. The molecule has 0 radical (unpaired) electrons. The van der Waals surface area contributed by atoms with Crippen molar-refractivity contribution in [2.75, 3.05) is 13.2 Å². The fraction of sp³-hybridized carbons (Fsp3) is 0.929. The Morgan fingerprint density at radius 2 is 2.11 bits per heavy atom. The molecule has 4 unspecified atom stereocenters. The van der Waals surface area contributed by atoms with Crippen LogP contribution in [-0.4, -0.2) is 43.0 Å². The molecule has 0 aromatic heterocycles. The van der Waals surface area contributed by atoms with Crippen molar-refractivity contribution in [2.45, 2.75) is 64.3 Å². The van der Waals surface area contributed by atoms with E-state index < -0.39 is 5.60 Å². The molecule has 1 amide bonds. The lowest BCUT2D eigenvalue weighted by Crippen LogP contribution is -2.40. The van der Waals surface area contributed by atoms with Crippen LogP contribution < -0.4 is 10.6 Å². The van der Waals surface area contributed by atoms with Crippen molar-refractivity contribution in [3.05, 3.63) is 0 Å². The molecule has 0 spiro atoms. The highest BCUT2D eigenvalue weighted by Gasteiger charge is 2.41. The predicted octanol–water partition coefficient (Wildman–Crippen LogP) is 1.67. The van der Waals surface area contributed by atoms with Gasteiger partial charge in [0, 0.05) is 24.7 Å². The summed E-state index contributed by atoms with van der Waals surface area (Å²) in [5.74, 6) is 0.600. The van der Waals surface area contributed by atoms with Gasteiger partial charge in [-0.05, 0) is 46.5 Å². The van der Waals surface area contributed by atoms with Crippen LogP contribution in [0.25, 0.3) is 0 Å². The number of carbonyl (C=O) groups excluding carboxylic acids is 1. The summed E-state index contributed by atoms with van der Waals surface area (Å²) in [6, 6.07) is 1.03. The second kappa shape index (κ2) is 5.67. The monoisotopic (exact) mass is 270 g/mol. The minimum absolute atomic E-state index is 0.208. The van der Waals surface area contributed by atoms with E-state index in [-0.39, 0.29) is 12.1 Å². The Bertz CT molecular complexity index is 321. The molecule has 5 nitrogen and oxygen atoms in total. The summed E-state index contributed by atoms with van der Waals surface area (Å²) in [5.41, 5.74) is -0.434. The maximum Gasteiger partial charge on any atom is 0.407 e. The fourth-order valence-corrected chi connectivity index (χ4v) is 2.42. The highest BCUT2D eigenvalue weighted by Crippen LogP contribution is 2.25.